The number of rotatable bonds is 9. The zero-order valence-electron chi connectivity index (χ0n) is 17.3. The first kappa shape index (κ1) is 22.7. The number of halogens is 1. The lowest BCUT2D eigenvalue weighted by Gasteiger charge is -2.11. The molecule has 162 valence electrons. The molecule has 3 rings (SSSR count). The SMILES string of the molecule is CCCCCCn1nc(C(=O)OCC(=O)Nc2cccc(Br)c2)c2ccccc2c1=O. The van der Waals surface area contributed by atoms with Crippen molar-refractivity contribution >= 4 is 44.3 Å². The van der Waals surface area contributed by atoms with Crippen LogP contribution in [0.3, 0.4) is 0 Å². The number of nitrogens with one attached hydrogen (secondary N) is 1. The molecule has 0 saturated carbocycles. The number of unbranched alkanes of at least 4 members (excludes halogenated alkanes) is 3. The number of ether oxygens (including phenoxy) is 1. The Balaban J connectivity index is 1.75. The van der Waals surface area contributed by atoms with Crippen LogP contribution in [0.15, 0.2) is 57.8 Å². The summed E-state index contributed by atoms with van der Waals surface area (Å²) >= 11 is 3.33. The summed E-state index contributed by atoms with van der Waals surface area (Å²) in [6.07, 6.45) is 3.93. The predicted octanol–water partition coefficient (Wildman–Crippen LogP) is 4.53. The number of benzene rings is 2. The van der Waals surface area contributed by atoms with Crippen LogP contribution in [0.2, 0.25) is 0 Å². The van der Waals surface area contributed by atoms with Gasteiger partial charge in [-0.15, -0.1) is 0 Å². The van der Waals surface area contributed by atoms with Crippen molar-refractivity contribution in [2.24, 2.45) is 0 Å². The molecule has 31 heavy (non-hydrogen) atoms. The maximum absolute atomic E-state index is 12.7. The van der Waals surface area contributed by atoms with E-state index in [0.29, 0.717) is 23.0 Å². The number of hydrogen-bond donors (Lipinski definition) is 1. The van der Waals surface area contributed by atoms with Crippen molar-refractivity contribution in [3.05, 3.63) is 69.1 Å². The average molecular weight is 486 g/mol. The summed E-state index contributed by atoms with van der Waals surface area (Å²) < 4.78 is 7.33. The molecule has 0 aliphatic heterocycles. The molecular weight excluding hydrogens is 462 g/mol. The molecule has 0 aliphatic carbocycles. The lowest BCUT2D eigenvalue weighted by Crippen LogP contribution is -2.28. The minimum absolute atomic E-state index is 0.0287. The number of nitrogens with zero attached hydrogens (tertiary/aromatic N) is 2. The fourth-order valence-corrected chi connectivity index (χ4v) is 3.59. The van der Waals surface area contributed by atoms with Gasteiger partial charge in [-0.05, 0) is 30.7 Å². The Bertz CT molecular complexity index is 1140. The number of esters is 1. The van der Waals surface area contributed by atoms with E-state index in [1.165, 1.54) is 4.68 Å². The Morgan fingerprint density at radius 2 is 1.84 bits per heavy atom. The van der Waals surface area contributed by atoms with E-state index in [1.54, 1.807) is 42.5 Å². The molecule has 0 saturated heterocycles. The molecule has 0 atom stereocenters. The van der Waals surface area contributed by atoms with Gasteiger partial charge in [0.2, 0.25) is 0 Å². The largest absolute Gasteiger partial charge is 0.451 e. The Morgan fingerprint density at radius 1 is 1.06 bits per heavy atom. The summed E-state index contributed by atoms with van der Waals surface area (Å²) in [6.45, 7) is 2.08. The number of hydrogen-bond acceptors (Lipinski definition) is 5. The number of fused-ring (bicyclic) bond motifs is 1. The third kappa shape index (κ3) is 6.01. The second kappa shape index (κ2) is 10.9. The molecule has 1 N–H and O–H groups in total. The van der Waals surface area contributed by atoms with Gasteiger partial charge in [-0.25, -0.2) is 9.48 Å². The molecule has 0 aliphatic rings. The topological polar surface area (TPSA) is 90.3 Å². The molecule has 2 aromatic carbocycles. The van der Waals surface area contributed by atoms with Gasteiger partial charge < -0.3 is 10.1 Å². The lowest BCUT2D eigenvalue weighted by atomic mass is 10.1. The Kier molecular flexibility index (Phi) is 7.94. The highest BCUT2D eigenvalue weighted by Crippen LogP contribution is 2.16. The van der Waals surface area contributed by atoms with Crippen molar-refractivity contribution in [1.29, 1.82) is 0 Å². The summed E-state index contributed by atoms with van der Waals surface area (Å²) in [7, 11) is 0. The van der Waals surface area contributed by atoms with Crippen molar-refractivity contribution in [3.63, 3.8) is 0 Å². The van der Waals surface area contributed by atoms with Gasteiger partial charge in [-0.2, -0.15) is 5.10 Å². The molecule has 1 amide bonds. The molecule has 0 fully saturated rings. The summed E-state index contributed by atoms with van der Waals surface area (Å²) in [5, 5.41) is 7.74. The highest BCUT2D eigenvalue weighted by molar-refractivity contribution is 9.10. The van der Waals surface area contributed by atoms with Crippen LogP contribution in [0.1, 0.15) is 43.1 Å². The number of amides is 1. The van der Waals surface area contributed by atoms with E-state index in [4.69, 9.17) is 4.74 Å². The monoisotopic (exact) mass is 485 g/mol. The Hall–Kier alpha value is -3.00. The summed E-state index contributed by atoms with van der Waals surface area (Å²) in [5.41, 5.74) is 0.372. The van der Waals surface area contributed by atoms with Crippen LogP contribution >= 0.6 is 15.9 Å². The first-order valence-corrected chi connectivity index (χ1v) is 11.0. The quantitative estimate of drug-likeness (QED) is 0.355. The highest BCUT2D eigenvalue weighted by atomic mass is 79.9. The Labute approximate surface area is 188 Å². The maximum Gasteiger partial charge on any atom is 0.359 e. The maximum atomic E-state index is 12.7. The van der Waals surface area contributed by atoms with Crippen LogP contribution in [-0.2, 0) is 16.1 Å². The van der Waals surface area contributed by atoms with Gasteiger partial charge in [0, 0.05) is 22.1 Å². The minimum Gasteiger partial charge on any atom is -0.451 e. The summed E-state index contributed by atoms with van der Waals surface area (Å²) in [4.78, 5) is 37.6. The third-order valence-corrected chi connectivity index (χ3v) is 5.22. The van der Waals surface area contributed by atoms with Gasteiger partial charge in [0.25, 0.3) is 11.5 Å². The predicted molar refractivity (Wildman–Crippen MR) is 123 cm³/mol. The highest BCUT2D eigenvalue weighted by Gasteiger charge is 2.19. The number of aryl methyl sites for hydroxylation is 1. The van der Waals surface area contributed by atoms with E-state index in [9.17, 15) is 14.4 Å². The molecule has 1 heterocycles. The van der Waals surface area contributed by atoms with Crippen LogP contribution in [0.25, 0.3) is 10.8 Å². The molecule has 8 heteroatoms. The van der Waals surface area contributed by atoms with Gasteiger partial charge >= 0.3 is 5.97 Å². The molecule has 1 aromatic heterocycles. The second-order valence-corrected chi connectivity index (χ2v) is 8.03. The number of anilines is 1. The molecule has 0 spiro atoms. The molecular formula is C23H24BrN3O4. The van der Waals surface area contributed by atoms with E-state index < -0.39 is 18.5 Å². The summed E-state index contributed by atoms with van der Waals surface area (Å²) in [6, 6.07) is 13.9. The first-order chi connectivity index (χ1) is 15.0. The molecule has 3 aromatic rings. The van der Waals surface area contributed by atoms with Crippen LogP contribution < -0.4 is 10.9 Å². The van der Waals surface area contributed by atoms with E-state index in [-0.39, 0.29) is 11.3 Å². The third-order valence-electron chi connectivity index (χ3n) is 4.73. The van der Waals surface area contributed by atoms with E-state index in [0.717, 1.165) is 30.2 Å². The van der Waals surface area contributed by atoms with Crippen molar-refractivity contribution in [3.8, 4) is 0 Å². The van der Waals surface area contributed by atoms with Gasteiger partial charge in [-0.3, -0.25) is 9.59 Å². The van der Waals surface area contributed by atoms with E-state index >= 15 is 0 Å². The zero-order valence-corrected chi connectivity index (χ0v) is 18.9. The van der Waals surface area contributed by atoms with Crippen LogP contribution in [0.4, 0.5) is 5.69 Å². The fraction of sp³-hybridized carbons (Fsp3) is 0.304. The van der Waals surface area contributed by atoms with Crippen LogP contribution in [-0.4, -0.2) is 28.3 Å². The van der Waals surface area contributed by atoms with Gasteiger partial charge in [0.05, 0.1) is 5.39 Å². The number of carbonyl (C=O) groups is 2. The van der Waals surface area contributed by atoms with Gasteiger partial charge in [0.15, 0.2) is 12.3 Å². The molecule has 0 bridgehead atoms. The fourth-order valence-electron chi connectivity index (χ4n) is 3.19. The van der Waals surface area contributed by atoms with E-state index in [2.05, 4.69) is 33.3 Å². The van der Waals surface area contributed by atoms with Gasteiger partial charge in [0.1, 0.15) is 0 Å². The van der Waals surface area contributed by atoms with Crippen molar-refractivity contribution < 1.29 is 14.3 Å². The lowest BCUT2D eigenvalue weighted by molar-refractivity contribution is -0.119. The average Bonchev–Trinajstić information content (AvgIpc) is 2.76. The Morgan fingerprint density at radius 3 is 2.58 bits per heavy atom. The smallest absolute Gasteiger partial charge is 0.359 e. The molecule has 0 unspecified atom stereocenters. The molecule has 0 radical (unpaired) electrons. The summed E-state index contributed by atoms with van der Waals surface area (Å²) in [5.74, 6) is -1.22. The van der Waals surface area contributed by atoms with Gasteiger partial charge in [-0.1, -0.05) is 66.4 Å². The normalized spacial score (nSPS) is 10.8. The van der Waals surface area contributed by atoms with Crippen molar-refractivity contribution in [2.45, 2.75) is 39.2 Å². The van der Waals surface area contributed by atoms with Crippen LogP contribution in [0.5, 0.6) is 0 Å². The molecule has 7 nitrogen and oxygen atoms in total. The van der Waals surface area contributed by atoms with Crippen molar-refractivity contribution in [2.75, 3.05) is 11.9 Å². The number of carbonyl (C=O) groups excluding carboxylic acids is 2. The zero-order chi connectivity index (χ0) is 22.2. The van der Waals surface area contributed by atoms with Crippen LogP contribution in [0, 0.1) is 0 Å². The minimum atomic E-state index is -0.747. The standard InChI is InChI=1S/C23H24BrN3O4/c1-2-3-4-7-13-27-22(29)19-12-6-5-11-18(19)21(26-27)23(30)31-15-20(28)25-17-10-8-9-16(24)14-17/h5-6,8-12,14H,2-4,7,13,15H2,1H3,(H,25,28). The van der Waals surface area contributed by atoms with Crippen molar-refractivity contribution in [1.82, 2.24) is 9.78 Å². The first-order valence-electron chi connectivity index (χ1n) is 10.2. The number of aromatic nitrogens is 2. The van der Waals surface area contributed by atoms with E-state index in [1.807, 2.05) is 6.07 Å². The second-order valence-electron chi connectivity index (χ2n) is 7.12.